The normalized spacial score (nSPS) is 13.4. The lowest BCUT2D eigenvalue weighted by Gasteiger charge is -2.14. The van der Waals surface area contributed by atoms with Gasteiger partial charge in [0, 0.05) is 6.92 Å². The van der Waals surface area contributed by atoms with Gasteiger partial charge in [-0.3, -0.25) is 19.5 Å². The molecule has 0 unspecified atom stereocenters. The van der Waals surface area contributed by atoms with Crippen molar-refractivity contribution in [2.75, 3.05) is 0 Å². The first kappa shape index (κ1) is 14.8. The molecule has 0 heterocycles. The van der Waals surface area contributed by atoms with Crippen LogP contribution in [0.15, 0.2) is 0 Å². The number of carbonyl (C=O) groups is 2. The summed E-state index contributed by atoms with van der Waals surface area (Å²) in [6, 6.07) is 0. The van der Waals surface area contributed by atoms with E-state index < -0.39 is 33.1 Å². The van der Waals surface area contributed by atoms with E-state index in [0.29, 0.717) is 5.32 Å². The number of alkyl halides is 4. The van der Waals surface area contributed by atoms with E-state index in [0.717, 1.165) is 0 Å². The molecule has 16 heavy (non-hydrogen) atoms. The fraction of sp³-hybridized carbons (Fsp3) is 0.600. The van der Waals surface area contributed by atoms with E-state index in [1.807, 2.05) is 0 Å². The highest BCUT2D eigenvalue weighted by atomic mass is 32.2. The molecule has 0 aliphatic heterocycles. The molecule has 11 heteroatoms. The molecule has 0 aliphatic carbocycles. The molecule has 0 aromatic rings. The van der Waals surface area contributed by atoms with Gasteiger partial charge in [0.25, 0.3) is 5.91 Å². The zero-order chi connectivity index (χ0) is 13.4. The summed E-state index contributed by atoms with van der Waals surface area (Å²) >= 11 is 0. The van der Waals surface area contributed by atoms with Gasteiger partial charge in [0.05, 0.1) is 0 Å². The molecule has 2 N–H and O–H groups in total. The second-order valence-electron chi connectivity index (χ2n) is 2.66. The average Bonchev–Trinajstić information content (AvgIpc) is 1.99. The highest BCUT2D eigenvalue weighted by Crippen LogP contribution is 2.21. The van der Waals surface area contributed by atoms with Gasteiger partial charge >= 0.3 is 27.2 Å². The van der Waals surface area contributed by atoms with Gasteiger partial charge in [0.15, 0.2) is 0 Å². The molecule has 6 nitrogen and oxygen atoms in total. The SMILES string of the molecule is CC(F)(F)C(=O)NC(=O)C(F)(F)S(=O)(=O)O. The number of halogens is 4. The van der Waals surface area contributed by atoms with E-state index in [-0.39, 0.29) is 6.92 Å². The Balaban J connectivity index is 4.95. The van der Waals surface area contributed by atoms with Crippen LogP contribution >= 0.6 is 0 Å². The van der Waals surface area contributed by atoms with Gasteiger partial charge in [-0.25, -0.2) is 0 Å². The van der Waals surface area contributed by atoms with E-state index in [1.54, 1.807) is 0 Å². The van der Waals surface area contributed by atoms with Crippen LogP contribution in [0.5, 0.6) is 0 Å². The Hall–Kier alpha value is -1.23. The third-order valence-corrected chi connectivity index (χ3v) is 2.05. The Bertz CT molecular complexity index is 411. The maximum atomic E-state index is 12.4. The van der Waals surface area contributed by atoms with Crippen molar-refractivity contribution in [2.24, 2.45) is 0 Å². The maximum absolute atomic E-state index is 12.4. The van der Waals surface area contributed by atoms with Crippen molar-refractivity contribution >= 4 is 21.9 Å². The third kappa shape index (κ3) is 3.13. The van der Waals surface area contributed by atoms with Gasteiger partial charge in [0.2, 0.25) is 0 Å². The van der Waals surface area contributed by atoms with Crippen LogP contribution in [-0.2, 0) is 19.7 Å². The summed E-state index contributed by atoms with van der Waals surface area (Å²) in [7, 11) is -6.14. The number of carbonyl (C=O) groups excluding carboxylic acids is 2. The minimum absolute atomic E-state index is 0.00119. The van der Waals surface area contributed by atoms with Gasteiger partial charge < -0.3 is 0 Å². The molecule has 0 aromatic carbocycles. The van der Waals surface area contributed by atoms with Crippen molar-refractivity contribution in [1.82, 2.24) is 5.32 Å². The molecule has 0 spiro atoms. The highest BCUT2D eigenvalue weighted by molar-refractivity contribution is 7.87. The molecule has 0 atom stereocenters. The Morgan fingerprint density at radius 2 is 1.50 bits per heavy atom. The van der Waals surface area contributed by atoms with Gasteiger partial charge in [-0.1, -0.05) is 0 Å². The molecule has 94 valence electrons. The van der Waals surface area contributed by atoms with Gasteiger partial charge in [-0.15, -0.1) is 0 Å². The summed E-state index contributed by atoms with van der Waals surface area (Å²) in [5, 5.41) is -4.93. The minimum atomic E-state index is -6.14. The summed E-state index contributed by atoms with van der Waals surface area (Å²) in [5.74, 6) is -9.42. The molecular weight excluding hydrogens is 262 g/mol. The summed E-state index contributed by atoms with van der Waals surface area (Å²) in [4.78, 5) is 20.8. The molecule has 0 fully saturated rings. The second kappa shape index (κ2) is 3.97. The quantitative estimate of drug-likeness (QED) is 0.543. The zero-order valence-corrected chi connectivity index (χ0v) is 8.32. The fourth-order valence-electron chi connectivity index (χ4n) is 0.403. The van der Waals surface area contributed by atoms with Crippen molar-refractivity contribution in [2.45, 2.75) is 18.1 Å². The van der Waals surface area contributed by atoms with Crippen LogP contribution in [0.25, 0.3) is 0 Å². The summed E-state index contributed by atoms with van der Waals surface area (Å²) in [6.07, 6.45) is 0. The van der Waals surface area contributed by atoms with Crippen molar-refractivity contribution in [1.29, 1.82) is 0 Å². The van der Waals surface area contributed by atoms with Crippen LogP contribution < -0.4 is 5.32 Å². The Morgan fingerprint density at radius 3 is 1.75 bits per heavy atom. The molecule has 0 radical (unpaired) electrons. The first-order valence-corrected chi connectivity index (χ1v) is 4.82. The van der Waals surface area contributed by atoms with Crippen molar-refractivity contribution in [3.8, 4) is 0 Å². The van der Waals surface area contributed by atoms with Crippen molar-refractivity contribution in [3.63, 3.8) is 0 Å². The number of nitrogens with one attached hydrogen (secondary N) is 1. The topological polar surface area (TPSA) is 101 Å². The van der Waals surface area contributed by atoms with Crippen LogP contribution in [0.4, 0.5) is 17.6 Å². The van der Waals surface area contributed by atoms with E-state index in [4.69, 9.17) is 4.55 Å². The number of rotatable bonds is 3. The van der Waals surface area contributed by atoms with Crippen LogP contribution in [0, 0.1) is 0 Å². The highest BCUT2D eigenvalue weighted by Gasteiger charge is 2.54. The molecule has 0 aliphatic rings. The number of hydrogen-bond acceptors (Lipinski definition) is 4. The predicted octanol–water partition coefficient (Wildman–Crippen LogP) is -0.235. The van der Waals surface area contributed by atoms with Gasteiger partial charge in [-0.2, -0.15) is 26.0 Å². The standard InChI is InChI=1S/C5H5F4NO5S/c1-4(6,7)2(11)10-3(12)5(8,9)16(13,14)15/h1H3,(H,10,11,12)(H,13,14,15). The Labute approximate surface area is 86.4 Å². The molecule has 0 aromatic heterocycles. The first-order valence-electron chi connectivity index (χ1n) is 3.38. The van der Waals surface area contributed by atoms with Crippen molar-refractivity contribution in [3.05, 3.63) is 0 Å². The Kier molecular flexibility index (Phi) is 3.67. The van der Waals surface area contributed by atoms with E-state index in [9.17, 15) is 35.6 Å². The predicted molar refractivity (Wildman–Crippen MR) is 40.3 cm³/mol. The fourth-order valence-corrected chi connectivity index (χ4v) is 0.688. The Morgan fingerprint density at radius 1 is 1.12 bits per heavy atom. The molecule has 0 saturated heterocycles. The van der Waals surface area contributed by atoms with Crippen molar-refractivity contribution < 1.29 is 40.1 Å². The maximum Gasteiger partial charge on any atom is 0.447 e. The van der Waals surface area contributed by atoms with Crippen LogP contribution in [-0.4, -0.2) is 36.0 Å². The van der Waals surface area contributed by atoms with E-state index in [1.165, 1.54) is 0 Å². The van der Waals surface area contributed by atoms with E-state index in [2.05, 4.69) is 0 Å². The monoisotopic (exact) mass is 267 g/mol. The van der Waals surface area contributed by atoms with Crippen LogP contribution in [0.3, 0.4) is 0 Å². The summed E-state index contributed by atoms with van der Waals surface area (Å²) < 4.78 is 77.0. The first-order chi connectivity index (χ1) is 6.80. The third-order valence-electron chi connectivity index (χ3n) is 1.21. The number of imide groups is 1. The molecule has 0 saturated carbocycles. The molecule has 2 amide bonds. The lowest BCUT2D eigenvalue weighted by atomic mass is 10.3. The summed E-state index contributed by atoms with van der Waals surface area (Å²) in [6.45, 7) is 0.00119. The number of hydrogen-bond donors (Lipinski definition) is 2. The second-order valence-corrected chi connectivity index (χ2v) is 4.13. The largest absolute Gasteiger partial charge is 0.447 e. The molecule has 0 rings (SSSR count). The lowest BCUT2D eigenvalue weighted by Crippen LogP contribution is -2.51. The lowest BCUT2D eigenvalue weighted by molar-refractivity contribution is -0.151. The van der Waals surface area contributed by atoms with Gasteiger partial charge in [-0.05, 0) is 0 Å². The van der Waals surface area contributed by atoms with Crippen LogP contribution in [0.2, 0.25) is 0 Å². The van der Waals surface area contributed by atoms with Gasteiger partial charge in [0.1, 0.15) is 0 Å². The smallest absolute Gasteiger partial charge is 0.285 e. The molecular formula is C5H5F4NO5S. The van der Waals surface area contributed by atoms with Crippen LogP contribution in [0.1, 0.15) is 6.92 Å². The minimum Gasteiger partial charge on any atom is -0.285 e. The zero-order valence-electron chi connectivity index (χ0n) is 7.50. The van der Waals surface area contributed by atoms with E-state index >= 15 is 0 Å². The average molecular weight is 267 g/mol. The molecule has 0 bridgehead atoms. The summed E-state index contributed by atoms with van der Waals surface area (Å²) in [5.41, 5.74) is 0. The number of amides is 2.